The molecule has 0 amide bonds. The highest BCUT2D eigenvalue weighted by Crippen LogP contribution is 2.27. The molecule has 1 rings (SSSR count). The summed E-state index contributed by atoms with van der Waals surface area (Å²) in [6.45, 7) is 4.68. The van der Waals surface area contributed by atoms with E-state index >= 15 is 0 Å². The van der Waals surface area contributed by atoms with Gasteiger partial charge < -0.3 is 10.5 Å². The molecule has 0 aliphatic carbocycles. The Hall–Kier alpha value is -0.540. The lowest BCUT2D eigenvalue weighted by Crippen LogP contribution is -2.10. The fraction of sp³-hybridized carbons (Fsp3) is 0.455. The molecule has 2 N–H and O–H groups in total. The van der Waals surface area contributed by atoms with Gasteiger partial charge >= 0.3 is 0 Å². The van der Waals surface area contributed by atoms with Gasteiger partial charge in [-0.15, -0.1) is 0 Å². The summed E-state index contributed by atoms with van der Waals surface area (Å²) in [6, 6.07) is 5.97. The number of hydrogen-bond acceptors (Lipinski definition) is 2. The van der Waals surface area contributed by atoms with E-state index in [2.05, 4.69) is 15.9 Å². The molecule has 0 fully saturated rings. The van der Waals surface area contributed by atoms with E-state index in [1.165, 1.54) is 0 Å². The van der Waals surface area contributed by atoms with E-state index in [0.717, 1.165) is 22.2 Å². The van der Waals surface area contributed by atoms with Crippen LogP contribution in [0.25, 0.3) is 0 Å². The van der Waals surface area contributed by atoms with Crippen LogP contribution in [0.3, 0.4) is 0 Å². The van der Waals surface area contributed by atoms with E-state index in [1.54, 1.807) is 0 Å². The number of benzene rings is 1. The third kappa shape index (κ3) is 3.00. The second-order valence-electron chi connectivity index (χ2n) is 3.42. The maximum Gasteiger partial charge on any atom is 0.124 e. The molecule has 78 valence electrons. The lowest BCUT2D eigenvalue weighted by Gasteiger charge is -2.14. The largest absolute Gasteiger partial charge is 0.491 e. The molecule has 0 radical (unpaired) electrons. The molecule has 0 saturated heterocycles. The van der Waals surface area contributed by atoms with Crippen LogP contribution in [0, 0.1) is 0 Å². The van der Waals surface area contributed by atoms with Crippen molar-refractivity contribution >= 4 is 15.9 Å². The first kappa shape index (κ1) is 11.5. The highest BCUT2D eigenvalue weighted by molar-refractivity contribution is 9.10. The van der Waals surface area contributed by atoms with Crippen LogP contribution < -0.4 is 10.5 Å². The standard InChI is InChI=1S/C11H16BrNO/c1-8(2)14-11-5-3-4-10(12)9(11)6-7-13/h3-5,8H,6-7,13H2,1-2H3. The Balaban J connectivity index is 2.95. The second-order valence-corrected chi connectivity index (χ2v) is 4.28. The average Bonchev–Trinajstić information content (AvgIpc) is 2.10. The van der Waals surface area contributed by atoms with Crippen molar-refractivity contribution in [2.24, 2.45) is 5.73 Å². The first-order valence-electron chi connectivity index (χ1n) is 4.79. The molecule has 0 atom stereocenters. The molecule has 0 unspecified atom stereocenters. The van der Waals surface area contributed by atoms with Crippen molar-refractivity contribution in [1.29, 1.82) is 0 Å². The van der Waals surface area contributed by atoms with Crippen LogP contribution >= 0.6 is 15.9 Å². The number of nitrogens with two attached hydrogens (primary N) is 1. The van der Waals surface area contributed by atoms with Gasteiger partial charge in [0.2, 0.25) is 0 Å². The van der Waals surface area contributed by atoms with Gasteiger partial charge in [-0.1, -0.05) is 22.0 Å². The van der Waals surface area contributed by atoms with Gasteiger partial charge in [-0.05, 0) is 38.9 Å². The van der Waals surface area contributed by atoms with Gasteiger partial charge in [0.25, 0.3) is 0 Å². The third-order valence-corrected chi connectivity index (χ3v) is 2.58. The molecular weight excluding hydrogens is 242 g/mol. The first-order chi connectivity index (χ1) is 6.65. The Morgan fingerprint density at radius 3 is 2.71 bits per heavy atom. The summed E-state index contributed by atoms with van der Waals surface area (Å²) < 4.78 is 6.76. The van der Waals surface area contributed by atoms with Crippen LogP contribution in [0.15, 0.2) is 22.7 Å². The number of hydrogen-bond donors (Lipinski definition) is 1. The van der Waals surface area contributed by atoms with Gasteiger partial charge in [-0.25, -0.2) is 0 Å². The zero-order valence-electron chi connectivity index (χ0n) is 8.59. The summed E-state index contributed by atoms with van der Waals surface area (Å²) in [4.78, 5) is 0. The second kappa shape index (κ2) is 5.37. The summed E-state index contributed by atoms with van der Waals surface area (Å²) in [6.07, 6.45) is 1.03. The highest BCUT2D eigenvalue weighted by atomic mass is 79.9. The minimum atomic E-state index is 0.195. The quantitative estimate of drug-likeness (QED) is 0.901. The summed E-state index contributed by atoms with van der Waals surface area (Å²) in [7, 11) is 0. The SMILES string of the molecule is CC(C)Oc1cccc(Br)c1CCN. The topological polar surface area (TPSA) is 35.2 Å². The molecule has 0 heterocycles. The van der Waals surface area contributed by atoms with Crippen molar-refractivity contribution in [3.8, 4) is 5.75 Å². The lowest BCUT2D eigenvalue weighted by molar-refractivity contribution is 0.240. The Kier molecular flexibility index (Phi) is 4.42. The Bertz CT molecular complexity index is 299. The van der Waals surface area contributed by atoms with Crippen molar-refractivity contribution in [3.63, 3.8) is 0 Å². The summed E-state index contributed by atoms with van der Waals surface area (Å²) in [5.41, 5.74) is 6.71. The summed E-state index contributed by atoms with van der Waals surface area (Å²) in [5.74, 6) is 0.930. The van der Waals surface area contributed by atoms with Crippen molar-refractivity contribution in [2.75, 3.05) is 6.54 Å². The molecule has 3 heteroatoms. The smallest absolute Gasteiger partial charge is 0.124 e. The van der Waals surface area contributed by atoms with Crippen molar-refractivity contribution in [2.45, 2.75) is 26.4 Å². The molecule has 14 heavy (non-hydrogen) atoms. The third-order valence-electron chi connectivity index (χ3n) is 1.83. The summed E-state index contributed by atoms with van der Waals surface area (Å²) in [5, 5.41) is 0. The minimum Gasteiger partial charge on any atom is -0.491 e. The van der Waals surface area contributed by atoms with E-state index in [0.29, 0.717) is 6.54 Å². The maximum absolute atomic E-state index is 5.69. The zero-order chi connectivity index (χ0) is 10.6. The fourth-order valence-electron chi connectivity index (χ4n) is 1.29. The van der Waals surface area contributed by atoms with Crippen LogP contribution in [0.4, 0.5) is 0 Å². The van der Waals surface area contributed by atoms with Crippen LogP contribution in [-0.2, 0) is 6.42 Å². The Labute approximate surface area is 93.6 Å². The molecule has 0 saturated carbocycles. The average molecular weight is 258 g/mol. The highest BCUT2D eigenvalue weighted by Gasteiger charge is 2.07. The van der Waals surface area contributed by atoms with Crippen LogP contribution in [0.5, 0.6) is 5.75 Å². The van der Waals surface area contributed by atoms with Gasteiger partial charge in [-0.3, -0.25) is 0 Å². The van der Waals surface area contributed by atoms with Gasteiger partial charge in [0, 0.05) is 10.0 Å². The molecule has 1 aromatic rings. The minimum absolute atomic E-state index is 0.195. The fourth-order valence-corrected chi connectivity index (χ4v) is 1.84. The predicted octanol–water partition coefficient (Wildman–Crippen LogP) is 2.74. The van der Waals surface area contributed by atoms with Crippen LogP contribution in [-0.4, -0.2) is 12.6 Å². The van der Waals surface area contributed by atoms with E-state index < -0.39 is 0 Å². The summed E-state index contributed by atoms with van der Waals surface area (Å²) >= 11 is 3.50. The Morgan fingerprint density at radius 2 is 2.14 bits per heavy atom. The number of ether oxygens (including phenoxy) is 1. The van der Waals surface area contributed by atoms with Crippen LogP contribution in [0.2, 0.25) is 0 Å². The molecule has 1 aromatic carbocycles. The molecule has 0 aliphatic heterocycles. The van der Waals surface area contributed by atoms with Gasteiger partial charge in [0.05, 0.1) is 6.10 Å². The van der Waals surface area contributed by atoms with E-state index in [1.807, 2.05) is 32.0 Å². The van der Waals surface area contributed by atoms with Gasteiger partial charge in [0.15, 0.2) is 0 Å². The zero-order valence-corrected chi connectivity index (χ0v) is 10.2. The van der Waals surface area contributed by atoms with Crippen molar-refractivity contribution < 1.29 is 4.74 Å². The molecule has 0 aliphatic rings. The van der Waals surface area contributed by atoms with Gasteiger partial charge in [-0.2, -0.15) is 0 Å². The van der Waals surface area contributed by atoms with Crippen LogP contribution in [0.1, 0.15) is 19.4 Å². The molecule has 0 spiro atoms. The maximum atomic E-state index is 5.69. The van der Waals surface area contributed by atoms with Crippen molar-refractivity contribution in [3.05, 3.63) is 28.2 Å². The lowest BCUT2D eigenvalue weighted by atomic mass is 10.1. The van der Waals surface area contributed by atoms with E-state index in [9.17, 15) is 0 Å². The first-order valence-corrected chi connectivity index (χ1v) is 5.58. The molecular formula is C11H16BrNO. The van der Waals surface area contributed by atoms with Crippen molar-refractivity contribution in [1.82, 2.24) is 0 Å². The molecule has 2 nitrogen and oxygen atoms in total. The molecule has 0 bridgehead atoms. The van der Waals surface area contributed by atoms with E-state index in [4.69, 9.17) is 10.5 Å². The Morgan fingerprint density at radius 1 is 1.43 bits per heavy atom. The molecule has 0 aromatic heterocycles. The van der Waals surface area contributed by atoms with E-state index in [-0.39, 0.29) is 6.10 Å². The monoisotopic (exact) mass is 257 g/mol. The van der Waals surface area contributed by atoms with Gasteiger partial charge in [0.1, 0.15) is 5.75 Å². The normalized spacial score (nSPS) is 10.6. The predicted molar refractivity (Wildman–Crippen MR) is 62.7 cm³/mol. The number of rotatable bonds is 4. The number of halogens is 1.